The van der Waals surface area contributed by atoms with Crippen LogP contribution in [0.15, 0.2) is 14.7 Å². The normalized spacial score (nSPS) is 18.7. The Bertz CT molecular complexity index is 1560. The molecule has 0 saturated carbocycles. The smallest absolute Gasteiger partial charge is 0.263 e. The first kappa shape index (κ1) is 23.4. The Kier molecular flexibility index (Phi) is 6.13. The van der Waals surface area contributed by atoms with Crippen molar-refractivity contribution in [1.82, 2.24) is 19.5 Å². The monoisotopic (exact) mass is 526 g/mol. The van der Waals surface area contributed by atoms with Gasteiger partial charge in [0.2, 0.25) is 0 Å². The fourth-order valence-corrected chi connectivity index (χ4v) is 9.14. The summed E-state index contributed by atoms with van der Waals surface area (Å²) in [5.41, 5.74) is 2.49. The fourth-order valence-electron chi connectivity index (χ4n) is 5.47. The number of rotatable bonds is 5. The van der Waals surface area contributed by atoms with Crippen molar-refractivity contribution >= 4 is 54.9 Å². The molecule has 4 aromatic heterocycles. The number of aromatic nitrogens is 4. The number of thiophene rings is 2. The molecule has 0 unspecified atom stereocenters. The van der Waals surface area contributed by atoms with Crippen molar-refractivity contribution in [3.63, 3.8) is 0 Å². The molecule has 4 aromatic rings. The van der Waals surface area contributed by atoms with E-state index < -0.39 is 0 Å². The second kappa shape index (κ2) is 9.16. The Balaban J connectivity index is 1.38. The molecule has 0 amide bonds. The average Bonchev–Trinajstić information content (AvgIpc) is 3.40. The van der Waals surface area contributed by atoms with Gasteiger partial charge in [-0.15, -0.1) is 22.7 Å². The zero-order valence-corrected chi connectivity index (χ0v) is 22.9. The number of aromatic amines is 1. The molecule has 9 heteroatoms. The van der Waals surface area contributed by atoms with Crippen LogP contribution in [0.4, 0.5) is 0 Å². The number of fused-ring (bicyclic) bond motifs is 6. The number of nitrogens with one attached hydrogen (secondary N) is 1. The predicted molar refractivity (Wildman–Crippen MR) is 147 cm³/mol. The van der Waals surface area contributed by atoms with Crippen LogP contribution in [-0.2, 0) is 31.4 Å². The molecule has 2 aliphatic rings. The molecule has 184 valence electrons. The van der Waals surface area contributed by atoms with E-state index in [2.05, 4.69) is 25.8 Å². The molecule has 0 fully saturated rings. The summed E-state index contributed by atoms with van der Waals surface area (Å²) in [4.78, 5) is 44.0. The first-order valence-electron chi connectivity index (χ1n) is 12.7. The first-order valence-corrected chi connectivity index (χ1v) is 15.3. The van der Waals surface area contributed by atoms with Crippen molar-refractivity contribution in [3.8, 4) is 0 Å². The lowest BCUT2D eigenvalue weighted by Crippen LogP contribution is -2.26. The summed E-state index contributed by atoms with van der Waals surface area (Å²) in [6, 6.07) is 0.0570. The topological polar surface area (TPSA) is 80.6 Å². The second-order valence-corrected chi connectivity index (χ2v) is 13.2. The molecule has 0 aromatic carbocycles. The molecule has 0 bridgehead atoms. The molecule has 6 nitrogen and oxygen atoms in total. The second-order valence-electron chi connectivity index (χ2n) is 10.1. The van der Waals surface area contributed by atoms with E-state index in [0.29, 0.717) is 17.5 Å². The molecule has 1 N–H and O–H groups in total. The molecule has 35 heavy (non-hydrogen) atoms. The number of H-pyrrole nitrogens is 1. The van der Waals surface area contributed by atoms with Crippen molar-refractivity contribution in [2.24, 2.45) is 5.92 Å². The number of hydrogen-bond donors (Lipinski definition) is 1. The summed E-state index contributed by atoms with van der Waals surface area (Å²) in [5, 5.41) is 2.34. The molecule has 2 aliphatic carbocycles. The Morgan fingerprint density at radius 1 is 1.06 bits per heavy atom. The van der Waals surface area contributed by atoms with Crippen LogP contribution >= 0.6 is 34.4 Å². The van der Waals surface area contributed by atoms with Gasteiger partial charge in [0, 0.05) is 15.8 Å². The molecule has 2 atom stereocenters. The van der Waals surface area contributed by atoms with Gasteiger partial charge in [0.05, 0.1) is 16.5 Å². The van der Waals surface area contributed by atoms with Gasteiger partial charge in [-0.1, -0.05) is 25.6 Å². The van der Waals surface area contributed by atoms with Gasteiger partial charge in [0.25, 0.3) is 11.1 Å². The minimum atomic E-state index is -0.0358. The van der Waals surface area contributed by atoms with E-state index in [0.717, 1.165) is 70.5 Å². The van der Waals surface area contributed by atoms with Crippen LogP contribution < -0.4 is 11.1 Å². The Morgan fingerprint density at radius 3 is 2.63 bits per heavy atom. The molecule has 0 aliphatic heterocycles. The van der Waals surface area contributed by atoms with Gasteiger partial charge in [-0.05, 0) is 75.3 Å². The molecule has 4 heterocycles. The lowest BCUT2D eigenvalue weighted by atomic mass is 9.89. The van der Waals surface area contributed by atoms with Crippen LogP contribution in [0, 0.1) is 5.92 Å². The standard InChI is InChI=1S/C26H30N4O2S3/c1-4-14(3)30-25(32)21-15-7-5-6-8-17(15)34-24(21)29-26(30)33-12-19-27-22(31)20-16-10-9-13(2)11-18(16)35-23(20)28-19/h13-14H,4-12H2,1-3H3,(H,27,28,31)/t13-,14-/m0/s1. The third kappa shape index (κ3) is 4.00. The van der Waals surface area contributed by atoms with Crippen LogP contribution in [-0.4, -0.2) is 19.5 Å². The van der Waals surface area contributed by atoms with E-state index in [1.165, 1.54) is 39.1 Å². The van der Waals surface area contributed by atoms with Crippen molar-refractivity contribution in [2.45, 2.75) is 89.1 Å². The molecule has 6 rings (SSSR count). The van der Waals surface area contributed by atoms with E-state index in [1.54, 1.807) is 22.7 Å². The van der Waals surface area contributed by atoms with Crippen LogP contribution in [0.25, 0.3) is 20.4 Å². The number of thioether (sulfide) groups is 1. The largest absolute Gasteiger partial charge is 0.309 e. The van der Waals surface area contributed by atoms with E-state index in [4.69, 9.17) is 9.97 Å². The van der Waals surface area contributed by atoms with Crippen molar-refractivity contribution in [2.75, 3.05) is 0 Å². The lowest BCUT2D eigenvalue weighted by Gasteiger charge is -2.18. The fraction of sp³-hybridized carbons (Fsp3) is 0.538. The van der Waals surface area contributed by atoms with Gasteiger partial charge >= 0.3 is 0 Å². The van der Waals surface area contributed by atoms with Gasteiger partial charge in [-0.2, -0.15) is 0 Å². The Hall–Kier alpha value is -1.97. The van der Waals surface area contributed by atoms with Crippen LogP contribution in [0.2, 0.25) is 0 Å². The third-order valence-electron chi connectivity index (χ3n) is 7.57. The highest BCUT2D eigenvalue weighted by atomic mass is 32.2. The maximum atomic E-state index is 13.7. The summed E-state index contributed by atoms with van der Waals surface area (Å²) >= 11 is 4.86. The van der Waals surface area contributed by atoms with E-state index in [-0.39, 0.29) is 17.2 Å². The lowest BCUT2D eigenvalue weighted by molar-refractivity contribution is 0.468. The van der Waals surface area contributed by atoms with Crippen LogP contribution in [0.5, 0.6) is 0 Å². The minimum absolute atomic E-state index is 0.0358. The SMILES string of the molecule is CC[C@H](C)n1c(SCc2nc3sc4c(c3c(=O)[nH]2)CC[C@H](C)C4)nc2sc3c(c2c1=O)CCCC3. The number of aryl methyl sites for hydroxylation is 3. The van der Waals surface area contributed by atoms with E-state index in [1.807, 2.05) is 4.57 Å². The molecule has 0 radical (unpaired) electrons. The van der Waals surface area contributed by atoms with Crippen molar-refractivity contribution < 1.29 is 0 Å². The van der Waals surface area contributed by atoms with E-state index in [9.17, 15) is 9.59 Å². The zero-order chi connectivity index (χ0) is 24.3. The van der Waals surface area contributed by atoms with Crippen molar-refractivity contribution in [3.05, 3.63) is 47.4 Å². The Labute approximate surface area is 216 Å². The summed E-state index contributed by atoms with van der Waals surface area (Å²) < 4.78 is 1.87. The van der Waals surface area contributed by atoms with Gasteiger partial charge in [-0.25, -0.2) is 9.97 Å². The quantitative estimate of drug-likeness (QED) is 0.254. The molecular formula is C26H30N4O2S3. The van der Waals surface area contributed by atoms with Gasteiger partial charge in [0.15, 0.2) is 5.16 Å². The average molecular weight is 527 g/mol. The molecular weight excluding hydrogens is 497 g/mol. The highest BCUT2D eigenvalue weighted by Crippen LogP contribution is 2.37. The van der Waals surface area contributed by atoms with Gasteiger partial charge in [0.1, 0.15) is 15.5 Å². The number of nitrogens with zero attached hydrogens (tertiary/aromatic N) is 3. The third-order valence-corrected chi connectivity index (χ3v) is 10.9. The predicted octanol–water partition coefficient (Wildman–Crippen LogP) is 6.02. The maximum Gasteiger partial charge on any atom is 0.263 e. The first-order chi connectivity index (χ1) is 16.9. The zero-order valence-electron chi connectivity index (χ0n) is 20.4. The minimum Gasteiger partial charge on any atom is -0.309 e. The van der Waals surface area contributed by atoms with Crippen LogP contribution in [0.1, 0.15) is 79.2 Å². The van der Waals surface area contributed by atoms with Crippen LogP contribution in [0.3, 0.4) is 0 Å². The highest BCUT2D eigenvalue weighted by Gasteiger charge is 2.25. The summed E-state index contributed by atoms with van der Waals surface area (Å²) in [5.74, 6) is 1.78. The highest BCUT2D eigenvalue weighted by molar-refractivity contribution is 7.98. The molecule has 0 spiro atoms. The summed E-state index contributed by atoms with van der Waals surface area (Å²) in [7, 11) is 0. The Morgan fingerprint density at radius 2 is 1.80 bits per heavy atom. The maximum absolute atomic E-state index is 13.7. The number of hydrogen-bond acceptors (Lipinski definition) is 7. The van der Waals surface area contributed by atoms with Crippen molar-refractivity contribution in [1.29, 1.82) is 0 Å². The van der Waals surface area contributed by atoms with E-state index >= 15 is 0 Å². The summed E-state index contributed by atoms with van der Waals surface area (Å²) in [6.45, 7) is 6.46. The van der Waals surface area contributed by atoms with Gasteiger partial charge in [-0.3, -0.25) is 14.2 Å². The van der Waals surface area contributed by atoms with Gasteiger partial charge < -0.3 is 4.98 Å². The summed E-state index contributed by atoms with van der Waals surface area (Å²) in [6.07, 6.45) is 8.35. The molecule has 0 saturated heterocycles.